The van der Waals surface area contributed by atoms with Crippen molar-refractivity contribution in [1.29, 1.82) is 0 Å². The second-order valence-electron chi connectivity index (χ2n) is 5.80. The number of pyridine rings is 1. The summed E-state index contributed by atoms with van der Waals surface area (Å²) in [6.07, 6.45) is 0.580. The third-order valence-electron chi connectivity index (χ3n) is 3.97. The molecule has 6 nitrogen and oxygen atoms in total. The highest BCUT2D eigenvalue weighted by molar-refractivity contribution is 6.00. The molecule has 1 aliphatic rings. The number of rotatable bonds is 7. The fourth-order valence-corrected chi connectivity index (χ4v) is 2.60. The Morgan fingerprint density at radius 2 is 1.88 bits per heavy atom. The van der Waals surface area contributed by atoms with Gasteiger partial charge in [-0.15, -0.1) is 0 Å². The number of nitrogens with one attached hydrogen (secondary N) is 1. The molecule has 3 rings (SSSR count). The lowest BCUT2D eigenvalue weighted by Gasteiger charge is -2.09. The van der Waals surface area contributed by atoms with Crippen molar-refractivity contribution in [2.45, 2.75) is 32.3 Å². The number of hydrogen-bond donors (Lipinski definition) is 1. The Balaban J connectivity index is 1.49. The minimum Gasteiger partial charge on any atom is -0.493 e. The molecular weight excluding hydrogens is 320 g/mol. The topological polar surface area (TPSA) is 77.5 Å². The molecule has 1 saturated heterocycles. The molecule has 1 atom stereocenters. The van der Waals surface area contributed by atoms with Gasteiger partial charge in [-0.3, -0.25) is 15.1 Å². The van der Waals surface area contributed by atoms with E-state index in [1.165, 1.54) is 0 Å². The Bertz CT molecular complexity index is 758. The van der Waals surface area contributed by atoms with Gasteiger partial charge in [0.25, 0.3) is 5.91 Å². The molecule has 0 aliphatic carbocycles. The van der Waals surface area contributed by atoms with Gasteiger partial charge in [0.1, 0.15) is 5.75 Å². The minimum atomic E-state index is -0.754. The molecule has 2 aromatic rings. The number of imide groups is 1. The lowest BCUT2D eigenvalue weighted by atomic mass is 10.1. The van der Waals surface area contributed by atoms with Gasteiger partial charge >= 0.3 is 6.09 Å². The summed E-state index contributed by atoms with van der Waals surface area (Å²) in [7, 11) is 0. The summed E-state index contributed by atoms with van der Waals surface area (Å²) in [5, 5.41) is 2.12. The number of benzene rings is 1. The van der Waals surface area contributed by atoms with E-state index >= 15 is 0 Å². The number of aromatic nitrogens is 1. The summed E-state index contributed by atoms with van der Waals surface area (Å²) in [5.41, 5.74) is 3.00. The van der Waals surface area contributed by atoms with Crippen LogP contribution in [-0.4, -0.2) is 29.7 Å². The Morgan fingerprint density at radius 1 is 1.12 bits per heavy atom. The summed E-state index contributed by atoms with van der Waals surface area (Å²) < 4.78 is 10.6. The van der Waals surface area contributed by atoms with Gasteiger partial charge in [-0.25, -0.2) is 4.79 Å². The van der Waals surface area contributed by atoms with E-state index in [2.05, 4.69) is 17.2 Å². The molecule has 0 spiro atoms. The molecule has 0 saturated carbocycles. The summed E-state index contributed by atoms with van der Waals surface area (Å²) in [4.78, 5) is 27.0. The van der Waals surface area contributed by atoms with E-state index in [1.807, 2.05) is 42.5 Å². The van der Waals surface area contributed by atoms with Crippen LogP contribution in [0.5, 0.6) is 5.75 Å². The fraction of sp³-hybridized carbons (Fsp3) is 0.316. The van der Waals surface area contributed by atoms with Crippen LogP contribution >= 0.6 is 0 Å². The highest BCUT2D eigenvalue weighted by Gasteiger charge is 2.31. The first kappa shape index (κ1) is 17.0. The van der Waals surface area contributed by atoms with Crippen LogP contribution in [0.1, 0.15) is 23.9 Å². The van der Waals surface area contributed by atoms with E-state index in [4.69, 9.17) is 9.47 Å². The molecule has 1 aromatic carbocycles. The van der Waals surface area contributed by atoms with Crippen molar-refractivity contribution in [3.05, 3.63) is 59.4 Å². The molecule has 6 heteroatoms. The highest BCUT2D eigenvalue weighted by atomic mass is 16.6. The lowest BCUT2D eigenvalue weighted by molar-refractivity contribution is -0.123. The Hall–Kier alpha value is -2.89. The van der Waals surface area contributed by atoms with E-state index in [0.717, 1.165) is 35.5 Å². The quantitative estimate of drug-likeness (QED) is 0.838. The molecule has 1 N–H and O–H groups in total. The number of alkyl carbamates (subject to hydrolysis) is 1. The van der Waals surface area contributed by atoms with Crippen LogP contribution in [0.25, 0.3) is 0 Å². The molecule has 1 unspecified atom stereocenters. The number of cyclic esters (lactones) is 1. The van der Waals surface area contributed by atoms with Crippen LogP contribution in [0, 0.1) is 0 Å². The molecule has 2 amide bonds. The number of amides is 2. The molecule has 2 heterocycles. The standard InChI is InChI=1S/C19H20N2O4/c1-2-14-4-3-5-15(20-14)10-11-24-16-8-6-13(7-9-16)12-17-18(22)21-19(23)25-17/h3-9,17H,2,10-12H2,1H3,(H,21,22,23). The van der Waals surface area contributed by atoms with Gasteiger partial charge in [0.15, 0.2) is 6.10 Å². The van der Waals surface area contributed by atoms with Crippen LogP contribution < -0.4 is 10.1 Å². The molecule has 1 aromatic heterocycles. The smallest absolute Gasteiger partial charge is 0.414 e. The van der Waals surface area contributed by atoms with Gasteiger partial charge in [0.05, 0.1) is 6.61 Å². The summed E-state index contributed by atoms with van der Waals surface area (Å²) in [6, 6.07) is 13.5. The van der Waals surface area contributed by atoms with Crippen molar-refractivity contribution >= 4 is 12.0 Å². The summed E-state index contributed by atoms with van der Waals surface area (Å²) in [5.74, 6) is 0.357. The number of hydrogen-bond acceptors (Lipinski definition) is 5. The number of carbonyl (C=O) groups excluding carboxylic acids is 2. The largest absolute Gasteiger partial charge is 0.493 e. The maximum absolute atomic E-state index is 11.5. The molecule has 0 radical (unpaired) electrons. The van der Waals surface area contributed by atoms with E-state index in [1.54, 1.807) is 0 Å². The van der Waals surface area contributed by atoms with Crippen molar-refractivity contribution in [3.63, 3.8) is 0 Å². The number of carbonyl (C=O) groups is 2. The third kappa shape index (κ3) is 4.56. The van der Waals surface area contributed by atoms with Crippen LogP contribution in [0.3, 0.4) is 0 Å². The van der Waals surface area contributed by atoms with E-state index in [-0.39, 0.29) is 0 Å². The van der Waals surface area contributed by atoms with Crippen molar-refractivity contribution < 1.29 is 19.1 Å². The zero-order valence-corrected chi connectivity index (χ0v) is 14.0. The lowest BCUT2D eigenvalue weighted by Crippen LogP contribution is -2.25. The zero-order chi connectivity index (χ0) is 17.6. The average molecular weight is 340 g/mol. The molecular formula is C19H20N2O4. The molecule has 1 fully saturated rings. The molecule has 25 heavy (non-hydrogen) atoms. The van der Waals surface area contributed by atoms with Crippen LogP contribution in [0.15, 0.2) is 42.5 Å². The Labute approximate surface area is 146 Å². The van der Waals surface area contributed by atoms with Crippen LogP contribution in [-0.2, 0) is 28.8 Å². The predicted octanol–water partition coefficient (Wildman–Crippen LogP) is 2.44. The Morgan fingerprint density at radius 3 is 2.56 bits per heavy atom. The van der Waals surface area contributed by atoms with Crippen molar-refractivity contribution in [1.82, 2.24) is 10.3 Å². The first-order valence-corrected chi connectivity index (χ1v) is 8.32. The van der Waals surface area contributed by atoms with Crippen molar-refractivity contribution in [2.75, 3.05) is 6.61 Å². The van der Waals surface area contributed by atoms with Crippen molar-refractivity contribution in [2.24, 2.45) is 0 Å². The summed E-state index contributed by atoms with van der Waals surface area (Å²) in [6.45, 7) is 2.63. The van der Waals surface area contributed by atoms with E-state index in [0.29, 0.717) is 13.0 Å². The predicted molar refractivity (Wildman–Crippen MR) is 91.4 cm³/mol. The van der Waals surface area contributed by atoms with Crippen molar-refractivity contribution in [3.8, 4) is 5.75 Å². The van der Waals surface area contributed by atoms with Crippen LogP contribution in [0.2, 0.25) is 0 Å². The third-order valence-corrected chi connectivity index (χ3v) is 3.97. The monoisotopic (exact) mass is 340 g/mol. The normalized spacial score (nSPS) is 16.4. The molecule has 1 aliphatic heterocycles. The zero-order valence-electron chi connectivity index (χ0n) is 14.0. The summed E-state index contributed by atoms with van der Waals surface area (Å²) >= 11 is 0. The van der Waals surface area contributed by atoms with Gasteiger partial charge in [-0.1, -0.05) is 25.1 Å². The van der Waals surface area contributed by atoms with E-state index in [9.17, 15) is 9.59 Å². The minimum absolute atomic E-state index is 0.353. The maximum Gasteiger partial charge on any atom is 0.414 e. The first-order valence-electron chi connectivity index (χ1n) is 8.32. The average Bonchev–Trinajstić information content (AvgIpc) is 2.94. The molecule has 0 bridgehead atoms. The van der Waals surface area contributed by atoms with Crippen LogP contribution in [0.4, 0.5) is 4.79 Å². The number of ether oxygens (including phenoxy) is 2. The van der Waals surface area contributed by atoms with Gasteiger partial charge in [-0.05, 0) is 36.2 Å². The maximum atomic E-state index is 11.5. The second kappa shape index (κ2) is 7.79. The van der Waals surface area contributed by atoms with Gasteiger partial charge in [0, 0.05) is 24.2 Å². The van der Waals surface area contributed by atoms with Gasteiger partial charge in [0.2, 0.25) is 0 Å². The fourth-order valence-electron chi connectivity index (χ4n) is 2.60. The SMILES string of the molecule is CCc1cccc(CCOc2ccc(CC3OC(=O)NC3=O)cc2)n1. The first-order chi connectivity index (χ1) is 12.1. The Kier molecular flexibility index (Phi) is 5.28. The number of aryl methyl sites for hydroxylation is 1. The highest BCUT2D eigenvalue weighted by Crippen LogP contribution is 2.16. The number of nitrogens with zero attached hydrogens (tertiary/aromatic N) is 1. The van der Waals surface area contributed by atoms with E-state index < -0.39 is 18.1 Å². The molecule has 130 valence electrons. The van der Waals surface area contributed by atoms with Gasteiger partial charge in [-0.2, -0.15) is 0 Å². The van der Waals surface area contributed by atoms with Gasteiger partial charge < -0.3 is 9.47 Å². The second-order valence-corrected chi connectivity index (χ2v) is 5.80.